The van der Waals surface area contributed by atoms with Crippen molar-refractivity contribution in [3.63, 3.8) is 0 Å². The average molecular weight is 406 g/mol. The SMILES string of the molecule is CCCCCC1CCC(/C=C/C#CC2CCC(c3ccc(C#N)c(F)c3)CC2)CC1. The summed E-state index contributed by atoms with van der Waals surface area (Å²) in [5.74, 6) is 8.92. The molecule has 0 amide bonds. The van der Waals surface area contributed by atoms with Crippen LogP contribution < -0.4 is 0 Å². The highest BCUT2D eigenvalue weighted by Gasteiger charge is 2.22. The molecule has 2 saturated carbocycles. The molecule has 2 fully saturated rings. The van der Waals surface area contributed by atoms with Crippen LogP contribution in [0.25, 0.3) is 0 Å². The average Bonchev–Trinajstić information content (AvgIpc) is 2.78. The number of benzene rings is 1. The summed E-state index contributed by atoms with van der Waals surface area (Å²) in [6, 6.07) is 6.98. The summed E-state index contributed by atoms with van der Waals surface area (Å²) >= 11 is 0. The second-order valence-electron chi connectivity index (χ2n) is 9.32. The van der Waals surface area contributed by atoms with Crippen LogP contribution in [0, 0.1) is 46.7 Å². The molecule has 0 heterocycles. The quantitative estimate of drug-likeness (QED) is 0.348. The van der Waals surface area contributed by atoms with Crippen LogP contribution in [-0.2, 0) is 0 Å². The van der Waals surface area contributed by atoms with Crippen molar-refractivity contribution in [2.45, 2.75) is 89.9 Å². The maximum absolute atomic E-state index is 13.9. The van der Waals surface area contributed by atoms with E-state index in [2.05, 4.69) is 30.9 Å². The van der Waals surface area contributed by atoms with Crippen molar-refractivity contribution in [2.75, 3.05) is 0 Å². The topological polar surface area (TPSA) is 23.8 Å². The van der Waals surface area contributed by atoms with Gasteiger partial charge in [-0.3, -0.25) is 0 Å². The van der Waals surface area contributed by atoms with Crippen molar-refractivity contribution in [1.82, 2.24) is 0 Å². The first kappa shape index (κ1) is 22.6. The first-order valence-electron chi connectivity index (χ1n) is 12.1. The Bertz CT molecular complexity index is 790. The van der Waals surface area contributed by atoms with Gasteiger partial charge in [-0.2, -0.15) is 5.26 Å². The Hall–Kier alpha value is -2.06. The molecule has 30 heavy (non-hydrogen) atoms. The summed E-state index contributed by atoms with van der Waals surface area (Å²) in [5.41, 5.74) is 1.16. The number of rotatable bonds is 6. The van der Waals surface area contributed by atoms with Crippen molar-refractivity contribution in [3.05, 3.63) is 47.3 Å². The fourth-order valence-corrected chi connectivity index (χ4v) is 5.15. The number of unbranched alkanes of at least 4 members (excludes halogenated alkanes) is 2. The van der Waals surface area contributed by atoms with Gasteiger partial charge < -0.3 is 0 Å². The van der Waals surface area contributed by atoms with E-state index >= 15 is 0 Å². The lowest BCUT2D eigenvalue weighted by Gasteiger charge is -2.26. The lowest BCUT2D eigenvalue weighted by molar-refractivity contribution is 0.289. The summed E-state index contributed by atoms with van der Waals surface area (Å²) in [5, 5.41) is 8.88. The van der Waals surface area contributed by atoms with E-state index in [9.17, 15) is 4.39 Å². The number of hydrogen-bond donors (Lipinski definition) is 0. The molecule has 2 heteroatoms. The van der Waals surface area contributed by atoms with Crippen molar-refractivity contribution in [3.8, 4) is 17.9 Å². The molecule has 1 aromatic rings. The standard InChI is InChI=1S/C28H36FN/c1-2-3-4-7-22-10-12-23(13-11-22)8-5-6-9-24-14-16-25(17-15-24)26-18-19-27(21-30)28(29)20-26/h5,8,18-20,22-25H,2-4,7,10-17H2,1H3/b8-5+. The monoisotopic (exact) mass is 405 g/mol. The molecular formula is C28H36FN. The predicted molar refractivity (Wildman–Crippen MR) is 122 cm³/mol. The third-order valence-corrected chi connectivity index (χ3v) is 7.16. The Morgan fingerprint density at radius 3 is 2.47 bits per heavy atom. The van der Waals surface area contributed by atoms with Gasteiger partial charge in [0.2, 0.25) is 0 Å². The zero-order chi connectivity index (χ0) is 21.2. The van der Waals surface area contributed by atoms with E-state index in [0.29, 0.717) is 11.8 Å². The zero-order valence-electron chi connectivity index (χ0n) is 18.5. The lowest BCUT2D eigenvalue weighted by Crippen LogP contribution is -2.13. The number of hydrogen-bond acceptors (Lipinski definition) is 1. The molecule has 3 rings (SSSR count). The van der Waals surface area contributed by atoms with Gasteiger partial charge in [-0.05, 0) is 92.9 Å². The largest absolute Gasteiger partial charge is 0.206 e. The summed E-state index contributed by atoms with van der Waals surface area (Å²) in [4.78, 5) is 0. The second-order valence-corrected chi connectivity index (χ2v) is 9.32. The van der Waals surface area contributed by atoms with Gasteiger partial charge >= 0.3 is 0 Å². The van der Waals surface area contributed by atoms with Crippen molar-refractivity contribution >= 4 is 0 Å². The molecule has 0 spiro atoms. The van der Waals surface area contributed by atoms with Crippen molar-refractivity contribution < 1.29 is 4.39 Å². The molecule has 2 aliphatic carbocycles. The summed E-state index contributed by atoms with van der Waals surface area (Å²) in [7, 11) is 0. The number of nitrogens with zero attached hydrogens (tertiary/aromatic N) is 1. The molecule has 0 N–H and O–H groups in total. The van der Waals surface area contributed by atoms with E-state index in [1.807, 2.05) is 12.1 Å². The number of allylic oxidation sites excluding steroid dienone is 2. The Morgan fingerprint density at radius 2 is 1.80 bits per heavy atom. The molecule has 0 unspecified atom stereocenters. The van der Waals surface area contributed by atoms with Crippen LogP contribution in [0.15, 0.2) is 30.4 Å². The third-order valence-electron chi connectivity index (χ3n) is 7.16. The van der Waals surface area contributed by atoms with Gasteiger partial charge in [-0.25, -0.2) is 4.39 Å². The molecule has 0 bridgehead atoms. The van der Waals surface area contributed by atoms with Gasteiger partial charge in [-0.15, -0.1) is 0 Å². The van der Waals surface area contributed by atoms with Crippen LogP contribution >= 0.6 is 0 Å². The molecule has 1 aromatic carbocycles. The Balaban J connectivity index is 1.38. The van der Waals surface area contributed by atoms with E-state index in [-0.39, 0.29) is 5.56 Å². The predicted octanol–water partition coefficient (Wildman–Crippen LogP) is 7.92. The summed E-state index contributed by atoms with van der Waals surface area (Å²) in [6.07, 6.45) is 19.7. The Labute approximate surface area is 182 Å². The molecule has 160 valence electrons. The van der Waals surface area contributed by atoms with Crippen LogP contribution in [0.4, 0.5) is 4.39 Å². The molecular weight excluding hydrogens is 369 g/mol. The normalized spacial score (nSPS) is 26.7. The smallest absolute Gasteiger partial charge is 0.141 e. The van der Waals surface area contributed by atoms with Gasteiger partial charge in [0.05, 0.1) is 5.56 Å². The highest BCUT2D eigenvalue weighted by Crippen LogP contribution is 2.36. The third kappa shape index (κ3) is 6.74. The van der Waals surface area contributed by atoms with Gasteiger partial charge in [-0.1, -0.05) is 56.6 Å². The first-order chi connectivity index (χ1) is 14.7. The summed E-state index contributed by atoms with van der Waals surface area (Å²) in [6.45, 7) is 2.28. The fourth-order valence-electron chi connectivity index (χ4n) is 5.15. The van der Waals surface area contributed by atoms with Crippen LogP contribution in [0.2, 0.25) is 0 Å². The van der Waals surface area contributed by atoms with Gasteiger partial charge in [0.15, 0.2) is 0 Å². The van der Waals surface area contributed by atoms with Crippen LogP contribution in [-0.4, -0.2) is 0 Å². The minimum atomic E-state index is -0.392. The van der Waals surface area contributed by atoms with Crippen LogP contribution in [0.3, 0.4) is 0 Å². The minimum Gasteiger partial charge on any atom is -0.206 e. The Morgan fingerprint density at radius 1 is 1.03 bits per heavy atom. The Kier molecular flexibility index (Phi) is 9.01. The molecule has 0 atom stereocenters. The number of nitriles is 1. The zero-order valence-corrected chi connectivity index (χ0v) is 18.5. The maximum atomic E-state index is 13.9. The van der Waals surface area contributed by atoms with Gasteiger partial charge in [0, 0.05) is 5.92 Å². The van der Waals surface area contributed by atoms with E-state index in [0.717, 1.165) is 43.1 Å². The highest BCUT2D eigenvalue weighted by molar-refractivity contribution is 5.35. The highest BCUT2D eigenvalue weighted by atomic mass is 19.1. The molecule has 0 aliphatic heterocycles. The molecule has 1 nitrogen and oxygen atoms in total. The van der Waals surface area contributed by atoms with Crippen molar-refractivity contribution in [1.29, 1.82) is 5.26 Å². The van der Waals surface area contributed by atoms with E-state index in [4.69, 9.17) is 5.26 Å². The fraction of sp³-hybridized carbons (Fsp3) is 0.607. The maximum Gasteiger partial charge on any atom is 0.141 e. The summed E-state index contributed by atoms with van der Waals surface area (Å²) < 4.78 is 13.9. The molecule has 0 saturated heterocycles. The molecule has 0 radical (unpaired) electrons. The van der Waals surface area contributed by atoms with E-state index in [1.54, 1.807) is 12.1 Å². The minimum absolute atomic E-state index is 0.134. The van der Waals surface area contributed by atoms with Gasteiger partial charge in [0.25, 0.3) is 0 Å². The molecule has 0 aromatic heterocycles. The van der Waals surface area contributed by atoms with Crippen molar-refractivity contribution in [2.24, 2.45) is 17.8 Å². The van der Waals surface area contributed by atoms with Gasteiger partial charge in [0.1, 0.15) is 11.9 Å². The number of halogens is 1. The second kappa shape index (κ2) is 12.0. The lowest BCUT2D eigenvalue weighted by atomic mass is 9.78. The van der Waals surface area contributed by atoms with E-state index in [1.165, 1.54) is 51.4 Å². The first-order valence-corrected chi connectivity index (χ1v) is 12.1. The molecule has 2 aliphatic rings. The van der Waals surface area contributed by atoms with Crippen LogP contribution in [0.1, 0.15) is 101 Å². The van der Waals surface area contributed by atoms with Crippen LogP contribution in [0.5, 0.6) is 0 Å². The van der Waals surface area contributed by atoms with E-state index < -0.39 is 5.82 Å².